The first-order valence-corrected chi connectivity index (χ1v) is 5.97. The number of aryl methyl sites for hydroxylation is 1. The molecule has 0 unspecified atom stereocenters. The second-order valence-electron chi connectivity index (χ2n) is 4.62. The van der Waals surface area contributed by atoms with Crippen molar-refractivity contribution in [3.8, 4) is 5.75 Å². The topological polar surface area (TPSA) is 63.0 Å². The third-order valence-electron chi connectivity index (χ3n) is 2.67. The highest BCUT2D eigenvalue weighted by molar-refractivity contribution is 5.48. The Bertz CT molecular complexity index is 516. The van der Waals surface area contributed by atoms with Crippen molar-refractivity contribution in [2.45, 2.75) is 26.3 Å². The number of hydrogen-bond acceptors (Lipinski definition) is 4. The average Bonchev–Trinajstić information content (AvgIpc) is 2.70. The first-order valence-electron chi connectivity index (χ1n) is 5.97. The van der Waals surface area contributed by atoms with Gasteiger partial charge in [0.1, 0.15) is 5.75 Å². The average molecular weight is 246 g/mol. The predicted molar refractivity (Wildman–Crippen MR) is 70.5 cm³/mol. The van der Waals surface area contributed by atoms with Crippen LogP contribution in [0.15, 0.2) is 24.5 Å². The van der Waals surface area contributed by atoms with Crippen LogP contribution in [0.2, 0.25) is 0 Å². The van der Waals surface area contributed by atoms with Crippen molar-refractivity contribution in [2.24, 2.45) is 7.05 Å². The van der Waals surface area contributed by atoms with Gasteiger partial charge in [-0.2, -0.15) is 5.10 Å². The lowest BCUT2D eigenvalue weighted by molar-refractivity contribution is 0.472. The number of hydrogen-bond donors (Lipinski definition) is 2. The van der Waals surface area contributed by atoms with E-state index in [0.29, 0.717) is 12.5 Å². The molecule has 0 aliphatic carbocycles. The number of rotatable bonds is 4. The molecule has 0 bridgehead atoms. The SMILES string of the molecule is CC(C)c1nn(C)cc1NCc1ccc(O)cn1. The van der Waals surface area contributed by atoms with E-state index in [-0.39, 0.29) is 5.75 Å². The van der Waals surface area contributed by atoms with Crippen molar-refractivity contribution in [1.82, 2.24) is 14.8 Å². The molecule has 5 heteroatoms. The molecular formula is C13H18N4O. The molecule has 0 radical (unpaired) electrons. The molecule has 0 fully saturated rings. The molecule has 96 valence electrons. The molecular weight excluding hydrogens is 228 g/mol. The van der Waals surface area contributed by atoms with Crippen molar-refractivity contribution in [1.29, 1.82) is 0 Å². The largest absolute Gasteiger partial charge is 0.506 e. The van der Waals surface area contributed by atoms with Gasteiger partial charge in [0.25, 0.3) is 0 Å². The fourth-order valence-corrected chi connectivity index (χ4v) is 1.78. The van der Waals surface area contributed by atoms with E-state index in [9.17, 15) is 0 Å². The van der Waals surface area contributed by atoms with Crippen LogP contribution in [-0.4, -0.2) is 19.9 Å². The van der Waals surface area contributed by atoms with Crippen LogP contribution < -0.4 is 5.32 Å². The van der Waals surface area contributed by atoms with Gasteiger partial charge in [-0.05, 0) is 18.1 Å². The number of aromatic hydroxyl groups is 1. The van der Waals surface area contributed by atoms with Gasteiger partial charge in [0.2, 0.25) is 0 Å². The lowest BCUT2D eigenvalue weighted by Crippen LogP contribution is -2.03. The standard InChI is InChI=1S/C13H18N4O/c1-9(2)13-12(8-17(3)16-13)15-6-10-4-5-11(18)7-14-10/h4-5,7-9,15,18H,6H2,1-3H3. The van der Waals surface area contributed by atoms with Crippen molar-refractivity contribution in [2.75, 3.05) is 5.32 Å². The van der Waals surface area contributed by atoms with Gasteiger partial charge >= 0.3 is 0 Å². The summed E-state index contributed by atoms with van der Waals surface area (Å²) in [5.74, 6) is 0.560. The summed E-state index contributed by atoms with van der Waals surface area (Å²) in [5.41, 5.74) is 2.96. The third kappa shape index (κ3) is 2.80. The van der Waals surface area contributed by atoms with E-state index in [0.717, 1.165) is 17.1 Å². The van der Waals surface area contributed by atoms with Crippen LogP contribution in [0.1, 0.15) is 31.2 Å². The van der Waals surface area contributed by atoms with Gasteiger partial charge in [0.05, 0.1) is 29.8 Å². The monoisotopic (exact) mass is 246 g/mol. The first-order chi connectivity index (χ1) is 8.56. The zero-order valence-corrected chi connectivity index (χ0v) is 10.9. The molecule has 5 nitrogen and oxygen atoms in total. The second-order valence-corrected chi connectivity index (χ2v) is 4.62. The van der Waals surface area contributed by atoms with E-state index >= 15 is 0 Å². The van der Waals surface area contributed by atoms with Gasteiger partial charge in [0.15, 0.2) is 0 Å². The van der Waals surface area contributed by atoms with Crippen LogP contribution in [0.3, 0.4) is 0 Å². The number of anilines is 1. The van der Waals surface area contributed by atoms with Crippen LogP contribution in [0.25, 0.3) is 0 Å². The molecule has 0 aromatic carbocycles. The molecule has 2 aromatic rings. The zero-order chi connectivity index (χ0) is 13.1. The Morgan fingerprint density at radius 2 is 2.17 bits per heavy atom. The fraction of sp³-hybridized carbons (Fsp3) is 0.385. The Balaban J connectivity index is 2.08. The maximum absolute atomic E-state index is 9.17. The Morgan fingerprint density at radius 3 is 2.78 bits per heavy atom. The smallest absolute Gasteiger partial charge is 0.133 e. The Morgan fingerprint density at radius 1 is 1.39 bits per heavy atom. The van der Waals surface area contributed by atoms with Crippen molar-refractivity contribution >= 4 is 5.69 Å². The van der Waals surface area contributed by atoms with Gasteiger partial charge in [-0.15, -0.1) is 0 Å². The third-order valence-corrected chi connectivity index (χ3v) is 2.67. The van der Waals surface area contributed by atoms with Crippen LogP contribution in [0, 0.1) is 0 Å². The van der Waals surface area contributed by atoms with E-state index in [4.69, 9.17) is 5.11 Å². The van der Waals surface area contributed by atoms with E-state index in [1.165, 1.54) is 6.20 Å². The Kier molecular flexibility index (Phi) is 3.50. The summed E-state index contributed by atoms with van der Waals surface area (Å²) in [6, 6.07) is 3.43. The molecule has 2 heterocycles. The molecule has 0 aliphatic rings. The molecule has 0 aliphatic heterocycles. The minimum Gasteiger partial charge on any atom is -0.506 e. The Labute approximate surface area is 106 Å². The van der Waals surface area contributed by atoms with Crippen LogP contribution in [0.4, 0.5) is 5.69 Å². The van der Waals surface area contributed by atoms with E-state index < -0.39 is 0 Å². The summed E-state index contributed by atoms with van der Waals surface area (Å²) in [4.78, 5) is 4.13. The van der Waals surface area contributed by atoms with Gasteiger partial charge in [-0.1, -0.05) is 13.8 Å². The van der Waals surface area contributed by atoms with E-state index in [1.54, 1.807) is 12.1 Å². The molecule has 0 saturated carbocycles. The highest BCUT2D eigenvalue weighted by atomic mass is 16.3. The quantitative estimate of drug-likeness (QED) is 0.868. The predicted octanol–water partition coefficient (Wildman–Crippen LogP) is 2.26. The van der Waals surface area contributed by atoms with E-state index in [1.807, 2.05) is 17.9 Å². The molecule has 0 amide bonds. The summed E-state index contributed by atoms with van der Waals surface area (Å²) >= 11 is 0. The molecule has 18 heavy (non-hydrogen) atoms. The van der Waals surface area contributed by atoms with Gasteiger partial charge in [-0.3, -0.25) is 9.67 Å². The lowest BCUT2D eigenvalue weighted by atomic mass is 10.1. The normalized spacial score (nSPS) is 10.9. The van der Waals surface area contributed by atoms with Crippen molar-refractivity contribution in [3.05, 3.63) is 35.9 Å². The van der Waals surface area contributed by atoms with Gasteiger partial charge in [-0.25, -0.2) is 0 Å². The molecule has 2 N–H and O–H groups in total. The van der Waals surface area contributed by atoms with E-state index in [2.05, 4.69) is 29.2 Å². The number of aromatic nitrogens is 3. The highest BCUT2D eigenvalue weighted by Crippen LogP contribution is 2.22. The number of nitrogens with zero attached hydrogens (tertiary/aromatic N) is 3. The summed E-state index contributed by atoms with van der Waals surface area (Å²) in [6.45, 7) is 4.85. The number of pyridine rings is 1. The number of nitrogens with one attached hydrogen (secondary N) is 1. The highest BCUT2D eigenvalue weighted by Gasteiger charge is 2.10. The zero-order valence-electron chi connectivity index (χ0n) is 10.9. The molecule has 0 atom stereocenters. The summed E-state index contributed by atoms with van der Waals surface area (Å²) in [6.07, 6.45) is 3.42. The Hall–Kier alpha value is -2.04. The van der Waals surface area contributed by atoms with Crippen LogP contribution in [0.5, 0.6) is 5.75 Å². The summed E-state index contributed by atoms with van der Waals surface area (Å²) < 4.78 is 1.81. The molecule has 2 aromatic heterocycles. The fourth-order valence-electron chi connectivity index (χ4n) is 1.78. The maximum atomic E-state index is 9.17. The van der Waals surface area contributed by atoms with Crippen molar-refractivity contribution in [3.63, 3.8) is 0 Å². The molecule has 2 rings (SSSR count). The van der Waals surface area contributed by atoms with Crippen LogP contribution >= 0.6 is 0 Å². The lowest BCUT2D eigenvalue weighted by Gasteiger charge is -2.07. The molecule has 0 spiro atoms. The summed E-state index contributed by atoms with van der Waals surface area (Å²) in [7, 11) is 1.91. The van der Waals surface area contributed by atoms with Gasteiger partial charge < -0.3 is 10.4 Å². The van der Waals surface area contributed by atoms with Crippen molar-refractivity contribution < 1.29 is 5.11 Å². The molecule has 0 saturated heterocycles. The summed E-state index contributed by atoms with van der Waals surface area (Å²) in [5, 5.41) is 16.9. The minimum absolute atomic E-state index is 0.183. The van der Waals surface area contributed by atoms with Crippen LogP contribution in [-0.2, 0) is 13.6 Å². The first kappa shape index (κ1) is 12.4. The second kappa shape index (κ2) is 5.08. The maximum Gasteiger partial charge on any atom is 0.133 e. The van der Waals surface area contributed by atoms with Gasteiger partial charge in [0, 0.05) is 13.2 Å². The minimum atomic E-state index is 0.183.